The van der Waals surface area contributed by atoms with Gasteiger partial charge in [0.15, 0.2) is 5.78 Å². The van der Waals surface area contributed by atoms with E-state index in [2.05, 4.69) is 0 Å². The van der Waals surface area contributed by atoms with Crippen LogP contribution in [0.4, 0.5) is 0 Å². The molecule has 0 spiro atoms. The number of rotatable bonds is 5. The number of hydrogen-bond donors (Lipinski definition) is 0. The quantitative estimate of drug-likeness (QED) is 0.161. The molecule has 5 aromatic rings. The molecule has 0 aliphatic heterocycles. The van der Waals surface area contributed by atoms with E-state index in [9.17, 15) is 9.59 Å². The average molecular weight is 517 g/mol. The van der Waals surface area contributed by atoms with Gasteiger partial charge in [-0.15, -0.1) is 0 Å². The molecule has 1 aromatic heterocycles. The van der Waals surface area contributed by atoms with E-state index >= 15 is 0 Å². The lowest BCUT2D eigenvalue weighted by molar-refractivity contribution is 0.107. The second-order valence-electron chi connectivity index (χ2n) is 7.97. The van der Waals surface area contributed by atoms with E-state index in [1.807, 2.05) is 91.0 Å². The Labute approximate surface area is 212 Å². The predicted octanol–water partition coefficient (Wildman–Crippen LogP) is 6.08. The fourth-order valence-corrected chi connectivity index (χ4v) is 8.28. The molecule has 0 saturated carbocycles. The van der Waals surface area contributed by atoms with Gasteiger partial charge < -0.3 is 4.42 Å². The van der Waals surface area contributed by atoms with Crippen molar-refractivity contribution in [3.63, 3.8) is 0 Å². The van der Waals surface area contributed by atoms with Crippen LogP contribution in [0.5, 0.6) is 0 Å². The molecule has 3 nitrogen and oxygen atoms in total. The minimum atomic E-state index is -2.57. The molecule has 0 saturated heterocycles. The first-order valence-electron chi connectivity index (χ1n) is 10.9. The lowest BCUT2D eigenvalue weighted by Gasteiger charge is -2.28. The largest absolute Gasteiger partial charge is 0.422 e. The first-order chi connectivity index (χ1) is 17.0. The molecular formula is C29H19Cl2O3P. The van der Waals surface area contributed by atoms with Gasteiger partial charge in [-0.3, -0.25) is 4.79 Å². The highest BCUT2D eigenvalue weighted by Crippen LogP contribution is 2.43. The van der Waals surface area contributed by atoms with E-state index in [-0.39, 0.29) is 16.2 Å². The molecule has 0 aliphatic rings. The van der Waals surface area contributed by atoms with Gasteiger partial charge in [0.05, 0.1) is 10.0 Å². The fourth-order valence-electron chi connectivity index (χ4n) is 4.19. The fraction of sp³-hybridized carbons (Fsp3) is 0. The summed E-state index contributed by atoms with van der Waals surface area (Å²) in [5, 5.41) is 4.13. The van der Waals surface area contributed by atoms with Crippen molar-refractivity contribution in [1.29, 1.82) is 0 Å². The lowest BCUT2D eigenvalue weighted by Crippen LogP contribution is -2.29. The van der Waals surface area contributed by atoms with Crippen molar-refractivity contribution in [1.82, 2.24) is 0 Å². The van der Waals surface area contributed by atoms with Crippen molar-refractivity contribution in [2.75, 3.05) is 0 Å². The third kappa shape index (κ3) is 4.39. The molecular weight excluding hydrogens is 498 g/mol. The zero-order valence-electron chi connectivity index (χ0n) is 18.4. The van der Waals surface area contributed by atoms with Gasteiger partial charge in [0, 0.05) is 11.5 Å². The highest BCUT2D eigenvalue weighted by atomic mass is 35.5. The highest BCUT2D eigenvalue weighted by molar-refractivity contribution is 7.95. The molecule has 5 rings (SSSR count). The third-order valence-electron chi connectivity index (χ3n) is 5.84. The molecule has 35 heavy (non-hydrogen) atoms. The average Bonchev–Trinajstić information content (AvgIpc) is 2.89. The molecule has 0 N–H and O–H groups in total. The topological polar surface area (TPSA) is 47.3 Å². The Hall–Kier alpha value is -3.36. The van der Waals surface area contributed by atoms with E-state index in [4.69, 9.17) is 27.6 Å². The standard InChI is InChI=1S/C29H19Cl2O3P/c30-25-17-20-16-24(29(33)34-28(20)18-26(25)31)27(32)19-35(21-10-4-1-5-11-21,22-12-6-2-7-13-22)23-14-8-3-9-15-23/h1-19H. The summed E-state index contributed by atoms with van der Waals surface area (Å²) >= 11 is 12.2. The number of carbonyl (C=O) groups excluding carboxylic acids is 1. The molecule has 0 bridgehead atoms. The van der Waals surface area contributed by atoms with Gasteiger partial charge in [-0.1, -0.05) is 114 Å². The van der Waals surface area contributed by atoms with Gasteiger partial charge in [0.1, 0.15) is 11.1 Å². The van der Waals surface area contributed by atoms with Crippen molar-refractivity contribution in [3.8, 4) is 0 Å². The lowest BCUT2D eigenvalue weighted by atomic mass is 10.1. The number of carbonyl (C=O) groups is 1. The van der Waals surface area contributed by atoms with Crippen molar-refractivity contribution in [2.45, 2.75) is 0 Å². The molecule has 0 aliphatic carbocycles. The van der Waals surface area contributed by atoms with E-state index in [1.165, 1.54) is 12.1 Å². The Morgan fingerprint density at radius 3 is 1.63 bits per heavy atom. The zero-order chi connectivity index (χ0) is 24.4. The molecule has 0 atom stereocenters. The summed E-state index contributed by atoms with van der Waals surface area (Å²) in [4.78, 5) is 26.7. The monoisotopic (exact) mass is 516 g/mol. The third-order valence-corrected chi connectivity index (χ3v) is 10.5. The summed E-state index contributed by atoms with van der Waals surface area (Å²) in [6.45, 7) is -2.57. The smallest absolute Gasteiger partial charge is 0.347 e. The first-order valence-corrected chi connectivity index (χ1v) is 13.5. The van der Waals surface area contributed by atoms with E-state index < -0.39 is 18.3 Å². The van der Waals surface area contributed by atoms with Gasteiger partial charge in [-0.25, -0.2) is 4.79 Å². The van der Waals surface area contributed by atoms with Crippen LogP contribution >= 0.6 is 30.1 Å². The van der Waals surface area contributed by atoms with E-state index in [1.54, 1.807) is 11.9 Å². The van der Waals surface area contributed by atoms with Crippen LogP contribution in [0.2, 0.25) is 10.0 Å². The normalized spacial score (nSPS) is 11.4. The summed E-state index contributed by atoms with van der Waals surface area (Å²) in [5.74, 6) is 1.31. The van der Waals surface area contributed by atoms with E-state index in [0.29, 0.717) is 10.4 Å². The number of halogens is 2. The summed E-state index contributed by atoms with van der Waals surface area (Å²) < 4.78 is 5.45. The molecule has 0 fully saturated rings. The highest BCUT2D eigenvalue weighted by Gasteiger charge is 2.27. The van der Waals surface area contributed by atoms with E-state index in [0.717, 1.165) is 15.9 Å². The van der Waals surface area contributed by atoms with Crippen LogP contribution in [0.25, 0.3) is 11.0 Å². The molecule has 0 unspecified atom stereocenters. The Balaban J connectivity index is 1.83. The first kappa shape index (κ1) is 23.4. The van der Waals surface area contributed by atoms with Gasteiger partial charge >= 0.3 is 5.63 Å². The van der Waals surface area contributed by atoms with Crippen molar-refractivity contribution in [2.24, 2.45) is 0 Å². The van der Waals surface area contributed by atoms with Crippen LogP contribution in [0.3, 0.4) is 0 Å². The van der Waals surface area contributed by atoms with Crippen LogP contribution in [0.15, 0.2) is 118 Å². The maximum atomic E-state index is 13.8. The SMILES string of the molecule is O=C(C=P(c1ccccc1)(c1ccccc1)c1ccccc1)c1cc2cc(Cl)c(Cl)cc2oc1=O. The van der Waals surface area contributed by atoms with Crippen LogP contribution < -0.4 is 21.5 Å². The van der Waals surface area contributed by atoms with Crippen molar-refractivity contribution >= 4 is 68.6 Å². The molecule has 0 amide bonds. The van der Waals surface area contributed by atoms with Crippen molar-refractivity contribution in [3.05, 3.63) is 135 Å². The van der Waals surface area contributed by atoms with Gasteiger partial charge in [0.25, 0.3) is 0 Å². The zero-order valence-corrected chi connectivity index (χ0v) is 20.8. The minimum Gasteiger partial charge on any atom is -0.422 e. The second kappa shape index (κ2) is 9.71. The van der Waals surface area contributed by atoms with Crippen LogP contribution in [0, 0.1) is 0 Å². The van der Waals surface area contributed by atoms with Crippen molar-refractivity contribution < 1.29 is 9.21 Å². The Morgan fingerprint density at radius 2 is 1.14 bits per heavy atom. The maximum Gasteiger partial charge on any atom is 0.347 e. The molecule has 1 heterocycles. The van der Waals surface area contributed by atoms with Gasteiger partial charge in [-0.2, -0.15) is 0 Å². The number of Topliss-reactive ketones (excluding diaryl/α,β-unsaturated/α-hetero) is 1. The molecule has 172 valence electrons. The molecule has 0 radical (unpaired) electrons. The second-order valence-corrected chi connectivity index (χ2v) is 12.0. The summed E-state index contributed by atoms with van der Waals surface area (Å²) in [7, 11) is 0. The Morgan fingerprint density at radius 1 is 0.686 bits per heavy atom. The Kier molecular flexibility index (Phi) is 6.49. The predicted molar refractivity (Wildman–Crippen MR) is 148 cm³/mol. The summed E-state index contributed by atoms with van der Waals surface area (Å²) in [6, 6.07) is 34.4. The number of fused-ring (bicyclic) bond motifs is 1. The Bertz CT molecular complexity index is 1540. The number of hydrogen-bond acceptors (Lipinski definition) is 3. The number of benzene rings is 4. The maximum absolute atomic E-state index is 13.8. The van der Waals surface area contributed by atoms with Crippen LogP contribution in [-0.4, -0.2) is 11.6 Å². The van der Waals surface area contributed by atoms with Crippen LogP contribution in [-0.2, 0) is 0 Å². The van der Waals surface area contributed by atoms with Gasteiger partial charge in [-0.05, 0) is 40.7 Å². The van der Waals surface area contributed by atoms with Crippen LogP contribution in [0.1, 0.15) is 10.4 Å². The molecule has 6 heteroatoms. The minimum absolute atomic E-state index is 0.0527. The van der Waals surface area contributed by atoms with Gasteiger partial charge in [0.2, 0.25) is 0 Å². The molecule has 4 aromatic carbocycles. The summed E-state index contributed by atoms with van der Waals surface area (Å²) in [6.07, 6.45) is 0. The summed E-state index contributed by atoms with van der Waals surface area (Å²) in [5.41, 5.74) is -0.497. The number of ketones is 1.